The second-order valence-electron chi connectivity index (χ2n) is 9.66. The molecule has 0 saturated carbocycles. The van der Waals surface area contributed by atoms with Gasteiger partial charge in [0.1, 0.15) is 23.5 Å². The van der Waals surface area contributed by atoms with Crippen molar-refractivity contribution in [1.82, 2.24) is 5.16 Å². The van der Waals surface area contributed by atoms with E-state index in [0.717, 1.165) is 41.8 Å². The first kappa shape index (κ1) is 27.3. The van der Waals surface area contributed by atoms with Crippen LogP contribution < -0.4 is 10.2 Å². The normalized spacial score (nSPS) is 15.5. The van der Waals surface area contributed by atoms with Crippen molar-refractivity contribution in [3.63, 3.8) is 0 Å². The van der Waals surface area contributed by atoms with Gasteiger partial charge in [0, 0.05) is 28.4 Å². The minimum atomic E-state index is -0.635. The van der Waals surface area contributed by atoms with Crippen molar-refractivity contribution in [2.75, 3.05) is 23.9 Å². The van der Waals surface area contributed by atoms with E-state index in [2.05, 4.69) is 15.4 Å². The summed E-state index contributed by atoms with van der Waals surface area (Å²) in [6, 6.07) is 22.9. The fourth-order valence-electron chi connectivity index (χ4n) is 4.99. The van der Waals surface area contributed by atoms with Crippen LogP contribution in [0.4, 0.5) is 16.2 Å². The molecule has 2 heterocycles. The summed E-state index contributed by atoms with van der Waals surface area (Å²) in [4.78, 5) is 26.9. The Bertz CT molecular complexity index is 1500. The van der Waals surface area contributed by atoms with Crippen LogP contribution >= 0.6 is 11.6 Å². The van der Waals surface area contributed by atoms with Gasteiger partial charge >= 0.3 is 12.1 Å². The van der Waals surface area contributed by atoms with Crippen molar-refractivity contribution in [2.45, 2.75) is 38.8 Å². The molecule has 1 unspecified atom stereocenters. The highest BCUT2D eigenvalue weighted by atomic mass is 35.5. The molecule has 1 N–H and O–H groups in total. The number of amides is 1. The van der Waals surface area contributed by atoms with E-state index in [9.17, 15) is 9.59 Å². The molecule has 3 aromatic carbocycles. The van der Waals surface area contributed by atoms with Crippen LogP contribution in [0.25, 0.3) is 22.5 Å². The van der Waals surface area contributed by atoms with Gasteiger partial charge in [0.05, 0.1) is 7.11 Å². The van der Waals surface area contributed by atoms with E-state index < -0.39 is 12.2 Å². The molecule has 5 rings (SSSR count). The standard InChI is InChI=1S/C31H30ClN3O5/c1-19-28(33-31(37)39-20(2)25-7-4-5-8-26(25)32)29(40-34-19)23-12-10-21(11-13-23)22-14-16-24(17-15-22)35-18-6-9-27(35)30(36)38-3/h4-5,7-8,10-17,20,27H,6,9,18H2,1-3H3,(H,33,37)/t20-,27?/m1/s1. The van der Waals surface area contributed by atoms with Gasteiger partial charge in [0.2, 0.25) is 0 Å². The van der Waals surface area contributed by atoms with Gasteiger partial charge in [-0.3, -0.25) is 5.32 Å². The lowest BCUT2D eigenvalue weighted by Crippen LogP contribution is -2.36. The molecule has 1 amide bonds. The number of carbonyl (C=O) groups is 2. The van der Waals surface area contributed by atoms with Gasteiger partial charge in [0.15, 0.2) is 5.76 Å². The molecule has 9 heteroatoms. The number of halogens is 1. The van der Waals surface area contributed by atoms with Crippen LogP contribution in [0.5, 0.6) is 0 Å². The molecule has 206 valence electrons. The van der Waals surface area contributed by atoms with Crippen LogP contribution in [0, 0.1) is 6.92 Å². The predicted molar refractivity (Wildman–Crippen MR) is 154 cm³/mol. The van der Waals surface area contributed by atoms with E-state index in [0.29, 0.717) is 27.7 Å². The average Bonchev–Trinajstić information content (AvgIpc) is 3.60. The highest BCUT2D eigenvalue weighted by Gasteiger charge is 2.31. The Hall–Kier alpha value is -4.30. The predicted octanol–water partition coefficient (Wildman–Crippen LogP) is 7.42. The number of nitrogens with one attached hydrogen (secondary N) is 1. The first-order chi connectivity index (χ1) is 19.4. The Morgan fingerprint density at radius 2 is 1.68 bits per heavy atom. The van der Waals surface area contributed by atoms with Gasteiger partial charge in [-0.2, -0.15) is 0 Å². The number of aryl methyl sites for hydroxylation is 1. The maximum absolute atomic E-state index is 12.7. The van der Waals surface area contributed by atoms with Gasteiger partial charge < -0.3 is 18.9 Å². The zero-order valence-corrected chi connectivity index (χ0v) is 23.3. The van der Waals surface area contributed by atoms with Crippen molar-refractivity contribution < 1.29 is 23.6 Å². The number of hydrogen-bond acceptors (Lipinski definition) is 7. The van der Waals surface area contributed by atoms with E-state index in [-0.39, 0.29) is 12.0 Å². The summed E-state index contributed by atoms with van der Waals surface area (Å²) in [5, 5.41) is 7.35. The molecule has 40 heavy (non-hydrogen) atoms. The fourth-order valence-corrected chi connectivity index (χ4v) is 5.28. The first-order valence-electron chi connectivity index (χ1n) is 13.1. The van der Waals surface area contributed by atoms with Crippen LogP contribution in [-0.2, 0) is 14.3 Å². The van der Waals surface area contributed by atoms with Crippen LogP contribution in [0.2, 0.25) is 5.02 Å². The number of anilines is 2. The van der Waals surface area contributed by atoms with E-state index in [1.165, 1.54) is 7.11 Å². The number of ether oxygens (including phenoxy) is 2. The number of carbonyl (C=O) groups excluding carboxylic acids is 2. The summed E-state index contributed by atoms with van der Waals surface area (Å²) >= 11 is 6.24. The number of benzene rings is 3. The van der Waals surface area contributed by atoms with Gasteiger partial charge in [0.25, 0.3) is 0 Å². The monoisotopic (exact) mass is 559 g/mol. The van der Waals surface area contributed by atoms with E-state index >= 15 is 0 Å². The van der Waals surface area contributed by atoms with Gasteiger partial charge in [-0.15, -0.1) is 0 Å². The Kier molecular flexibility index (Phi) is 8.07. The number of aromatic nitrogens is 1. The lowest BCUT2D eigenvalue weighted by Gasteiger charge is -2.25. The Balaban J connectivity index is 1.28. The van der Waals surface area contributed by atoms with Gasteiger partial charge in [-0.05, 0) is 56.0 Å². The number of nitrogens with zero attached hydrogens (tertiary/aromatic N) is 2. The minimum Gasteiger partial charge on any atom is -0.467 e. The van der Waals surface area contributed by atoms with Crippen LogP contribution in [0.3, 0.4) is 0 Å². The maximum Gasteiger partial charge on any atom is 0.412 e. The molecule has 1 aliphatic rings. The number of rotatable bonds is 7. The van der Waals surface area contributed by atoms with Crippen molar-refractivity contribution in [3.8, 4) is 22.5 Å². The molecule has 0 aliphatic carbocycles. The van der Waals surface area contributed by atoms with E-state index in [1.54, 1.807) is 19.9 Å². The van der Waals surface area contributed by atoms with Crippen molar-refractivity contribution in [1.29, 1.82) is 0 Å². The molecule has 0 spiro atoms. The van der Waals surface area contributed by atoms with Crippen LogP contribution in [0.1, 0.15) is 37.1 Å². The van der Waals surface area contributed by atoms with Crippen molar-refractivity contribution in [3.05, 3.63) is 89.1 Å². The van der Waals surface area contributed by atoms with Crippen LogP contribution in [-0.4, -0.2) is 36.9 Å². The first-order valence-corrected chi connectivity index (χ1v) is 13.5. The Morgan fingerprint density at radius 1 is 1.02 bits per heavy atom. The largest absolute Gasteiger partial charge is 0.467 e. The second-order valence-corrected chi connectivity index (χ2v) is 10.1. The van der Waals surface area contributed by atoms with Gasteiger partial charge in [-0.1, -0.05) is 71.4 Å². The van der Waals surface area contributed by atoms with E-state index in [1.807, 2.05) is 66.7 Å². The maximum atomic E-state index is 12.7. The zero-order valence-electron chi connectivity index (χ0n) is 22.5. The molecule has 1 fully saturated rings. The quantitative estimate of drug-likeness (QED) is 0.235. The molecule has 0 radical (unpaired) electrons. The minimum absolute atomic E-state index is 0.197. The third-order valence-electron chi connectivity index (χ3n) is 7.12. The van der Waals surface area contributed by atoms with Gasteiger partial charge in [-0.25, -0.2) is 9.59 Å². The molecular formula is C31H30ClN3O5. The highest BCUT2D eigenvalue weighted by Crippen LogP contribution is 2.34. The van der Waals surface area contributed by atoms with Crippen molar-refractivity contribution >= 4 is 35.0 Å². The topological polar surface area (TPSA) is 93.9 Å². The lowest BCUT2D eigenvalue weighted by molar-refractivity contribution is -0.141. The third-order valence-corrected chi connectivity index (χ3v) is 7.47. The lowest BCUT2D eigenvalue weighted by atomic mass is 10.0. The molecule has 1 aliphatic heterocycles. The fraction of sp³-hybridized carbons (Fsp3) is 0.258. The summed E-state index contributed by atoms with van der Waals surface area (Å²) in [6.07, 6.45) is 0.578. The smallest absolute Gasteiger partial charge is 0.412 e. The average molecular weight is 560 g/mol. The summed E-state index contributed by atoms with van der Waals surface area (Å²) in [5.74, 6) is 0.238. The number of hydrogen-bond donors (Lipinski definition) is 1. The number of methoxy groups -OCH3 is 1. The second kappa shape index (κ2) is 11.8. The van der Waals surface area contributed by atoms with Crippen LogP contribution in [0.15, 0.2) is 77.3 Å². The molecule has 8 nitrogen and oxygen atoms in total. The molecule has 4 aromatic rings. The highest BCUT2D eigenvalue weighted by molar-refractivity contribution is 6.31. The summed E-state index contributed by atoms with van der Waals surface area (Å²) in [6.45, 7) is 4.34. The van der Waals surface area contributed by atoms with Crippen molar-refractivity contribution in [2.24, 2.45) is 0 Å². The Morgan fingerprint density at radius 3 is 2.35 bits per heavy atom. The summed E-state index contributed by atoms with van der Waals surface area (Å²) < 4.78 is 16.1. The molecule has 1 aromatic heterocycles. The molecule has 2 atom stereocenters. The Labute approximate surface area is 237 Å². The summed E-state index contributed by atoms with van der Waals surface area (Å²) in [7, 11) is 1.43. The van der Waals surface area contributed by atoms with E-state index in [4.69, 9.17) is 25.6 Å². The third kappa shape index (κ3) is 5.67. The summed E-state index contributed by atoms with van der Waals surface area (Å²) in [5.41, 5.74) is 5.50. The molecule has 1 saturated heterocycles. The molecule has 0 bridgehead atoms. The SMILES string of the molecule is COC(=O)C1CCCN1c1ccc(-c2ccc(-c3onc(C)c3NC(=O)O[C@H](C)c3ccccc3Cl)cc2)cc1. The zero-order chi connectivity index (χ0) is 28.2. The molecular weight excluding hydrogens is 530 g/mol. The number of esters is 1.